The fourth-order valence-corrected chi connectivity index (χ4v) is 4.99. The van der Waals surface area contributed by atoms with Crippen LogP contribution in [0.2, 0.25) is 5.02 Å². The zero-order valence-corrected chi connectivity index (χ0v) is 21.8. The number of hydrogen-bond donors (Lipinski definition) is 2. The van der Waals surface area contributed by atoms with E-state index in [1.165, 1.54) is 11.1 Å². The second-order valence-corrected chi connectivity index (χ2v) is 9.99. The molecule has 0 radical (unpaired) electrons. The van der Waals surface area contributed by atoms with Gasteiger partial charge in [0, 0.05) is 20.9 Å². The maximum absolute atomic E-state index is 12.5. The molecule has 174 valence electrons. The molecule has 0 spiro atoms. The first-order valence-corrected chi connectivity index (χ1v) is 12.7. The zero-order chi connectivity index (χ0) is 24.1. The van der Waals surface area contributed by atoms with Gasteiger partial charge < -0.3 is 10.6 Å². The van der Waals surface area contributed by atoms with E-state index in [0.29, 0.717) is 16.5 Å². The summed E-state index contributed by atoms with van der Waals surface area (Å²) in [5.74, 6) is 1.36. The molecule has 2 amide bonds. The first-order valence-electron chi connectivity index (χ1n) is 10.6. The molecule has 1 aromatic heterocycles. The van der Waals surface area contributed by atoms with Crippen LogP contribution in [-0.2, 0) is 12.3 Å². The van der Waals surface area contributed by atoms with Crippen molar-refractivity contribution in [3.05, 3.63) is 98.7 Å². The molecule has 0 atom stereocenters. The minimum atomic E-state index is -0.329. The van der Waals surface area contributed by atoms with E-state index in [1.807, 2.05) is 66.1 Å². The van der Waals surface area contributed by atoms with Gasteiger partial charge in [0.25, 0.3) is 0 Å². The molecule has 0 fully saturated rings. The van der Waals surface area contributed by atoms with Crippen molar-refractivity contribution in [3.8, 4) is 5.69 Å². The number of rotatable bonds is 7. The van der Waals surface area contributed by atoms with Crippen molar-refractivity contribution in [2.24, 2.45) is 0 Å². The van der Waals surface area contributed by atoms with Crippen LogP contribution in [0, 0.1) is 13.8 Å². The normalized spacial score (nSPS) is 10.8. The zero-order valence-electron chi connectivity index (χ0n) is 18.7. The fraction of sp³-hybridized carbons (Fsp3) is 0.160. The van der Waals surface area contributed by atoms with Crippen LogP contribution in [0.3, 0.4) is 0 Å². The van der Waals surface area contributed by atoms with Gasteiger partial charge >= 0.3 is 6.03 Å². The molecule has 1 heterocycles. The molecule has 0 unspecified atom stereocenters. The van der Waals surface area contributed by atoms with Gasteiger partial charge in [0.2, 0.25) is 0 Å². The third kappa shape index (κ3) is 6.00. The number of benzene rings is 3. The van der Waals surface area contributed by atoms with Crippen molar-refractivity contribution in [2.75, 3.05) is 5.32 Å². The molecule has 6 nitrogen and oxygen atoms in total. The average molecular weight is 557 g/mol. The fourth-order valence-electron chi connectivity index (χ4n) is 3.39. The number of aryl methyl sites for hydroxylation is 2. The van der Waals surface area contributed by atoms with Crippen LogP contribution in [0.5, 0.6) is 0 Å². The van der Waals surface area contributed by atoms with Crippen LogP contribution in [-0.4, -0.2) is 20.8 Å². The Kier molecular flexibility index (Phi) is 7.92. The Morgan fingerprint density at radius 1 is 1.03 bits per heavy atom. The van der Waals surface area contributed by atoms with Gasteiger partial charge in [-0.15, -0.1) is 10.2 Å². The second kappa shape index (κ2) is 11.1. The molecule has 34 heavy (non-hydrogen) atoms. The first kappa shape index (κ1) is 24.3. The molecule has 0 aliphatic heterocycles. The predicted octanol–water partition coefficient (Wildman–Crippen LogP) is 6.91. The van der Waals surface area contributed by atoms with Gasteiger partial charge in [0.15, 0.2) is 11.0 Å². The van der Waals surface area contributed by atoms with Gasteiger partial charge in [0.05, 0.1) is 12.2 Å². The molecule has 0 aliphatic carbocycles. The summed E-state index contributed by atoms with van der Waals surface area (Å²) in [4.78, 5) is 12.5. The highest BCUT2D eigenvalue weighted by atomic mass is 79.9. The number of carbonyl (C=O) groups is 1. The molecule has 4 rings (SSSR count). The Hall–Kier alpha value is -2.81. The number of halogens is 2. The number of anilines is 1. The third-order valence-corrected chi connectivity index (χ3v) is 6.93. The van der Waals surface area contributed by atoms with E-state index in [1.54, 1.807) is 11.8 Å². The van der Waals surface area contributed by atoms with Gasteiger partial charge in [-0.2, -0.15) is 0 Å². The highest BCUT2D eigenvalue weighted by Gasteiger charge is 2.18. The highest BCUT2D eigenvalue weighted by Crippen LogP contribution is 2.29. The summed E-state index contributed by atoms with van der Waals surface area (Å²) in [5.41, 5.74) is 5.06. The standard InChI is InChI=1S/C25H23BrClN5OS/c1-16-6-3-4-7-18(16)15-34-25-31-30-23(32(25)22-13-20(27)11-10-17(22)2)14-28-24(33)29-21-9-5-8-19(26)12-21/h3-13H,14-15H2,1-2H3,(H2,28,29,33). The lowest BCUT2D eigenvalue weighted by atomic mass is 10.1. The third-order valence-electron chi connectivity index (χ3n) is 5.22. The van der Waals surface area contributed by atoms with Crippen LogP contribution in [0.1, 0.15) is 22.5 Å². The number of nitrogens with one attached hydrogen (secondary N) is 2. The van der Waals surface area contributed by atoms with Crippen LogP contribution >= 0.6 is 39.3 Å². The maximum atomic E-state index is 12.5. The summed E-state index contributed by atoms with van der Waals surface area (Å²) in [6.45, 7) is 4.31. The molecular formula is C25H23BrClN5OS. The summed E-state index contributed by atoms with van der Waals surface area (Å²) < 4.78 is 2.85. The second-order valence-electron chi connectivity index (χ2n) is 7.70. The van der Waals surface area contributed by atoms with Crippen molar-refractivity contribution >= 4 is 51.0 Å². The van der Waals surface area contributed by atoms with Crippen LogP contribution in [0.15, 0.2) is 76.4 Å². The number of urea groups is 1. The summed E-state index contributed by atoms with van der Waals surface area (Å²) in [5, 5.41) is 15.9. The Morgan fingerprint density at radius 2 is 1.85 bits per heavy atom. The SMILES string of the molecule is Cc1ccccc1CSc1nnc(CNC(=O)Nc2cccc(Br)c2)n1-c1cc(Cl)ccc1C. The minimum absolute atomic E-state index is 0.198. The molecule has 0 bridgehead atoms. The van der Waals surface area contributed by atoms with Gasteiger partial charge in [-0.3, -0.25) is 4.57 Å². The number of nitrogens with zero attached hydrogens (tertiary/aromatic N) is 3. The van der Waals surface area contributed by atoms with E-state index >= 15 is 0 Å². The van der Waals surface area contributed by atoms with Gasteiger partial charge in [-0.05, 0) is 60.9 Å². The molecule has 2 N–H and O–H groups in total. The molecule has 0 saturated heterocycles. The monoisotopic (exact) mass is 555 g/mol. The lowest BCUT2D eigenvalue weighted by molar-refractivity contribution is 0.251. The number of amides is 2. The molecular weight excluding hydrogens is 534 g/mol. The van der Waals surface area contributed by atoms with Gasteiger partial charge in [-0.1, -0.05) is 75.7 Å². The maximum Gasteiger partial charge on any atom is 0.319 e. The Bertz CT molecular complexity index is 1330. The van der Waals surface area contributed by atoms with Crippen molar-refractivity contribution < 1.29 is 4.79 Å². The van der Waals surface area contributed by atoms with Crippen molar-refractivity contribution in [1.82, 2.24) is 20.1 Å². The van der Waals surface area contributed by atoms with E-state index in [4.69, 9.17) is 11.6 Å². The van der Waals surface area contributed by atoms with E-state index in [-0.39, 0.29) is 12.6 Å². The van der Waals surface area contributed by atoms with E-state index < -0.39 is 0 Å². The van der Waals surface area contributed by atoms with E-state index in [0.717, 1.165) is 26.6 Å². The summed E-state index contributed by atoms with van der Waals surface area (Å²) >= 11 is 11.3. The molecule has 3 aromatic carbocycles. The van der Waals surface area contributed by atoms with E-state index in [2.05, 4.69) is 55.8 Å². The number of thioether (sulfide) groups is 1. The molecule has 9 heteroatoms. The van der Waals surface area contributed by atoms with Crippen LogP contribution < -0.4 is 10.6 Å². The summed E-state index contributed by atoms with van der Waals surface area (Å²) in [6.07, 6.45) is 0. The van der Waals surface area contributed by atoms with Crippen molar-refractivity contribution in [3.63, 3.8) is 0 Å². The molecule has 0 aliphatic rings. The van der Waals surface area contributed by atoms with Crippen LogP contribution in [0.4, 0.5) is 10.5 Å². The van der Waals surface area contributed by atoms with Crippen LogP contribution in [0.25, 0.3) is 5.69 Å². The van der Waals surface area contributed by atoms with Gasteiger partial charge in [0.1, 0.15) is 0 Å². The Morgan fingerprint density at radius 3 is 2.65 bits per heavy atom. The summed E-state index contributed by atoms with van der Waals surface area (Å²) in [6, 6.07) is 21.1. The molecule has 4 aromatic rings. The average Bonchev–Trinajstić information content (AvgIpc) is 3.21. The largest absolute Gasteiger partial charge is 0.331 e. The topological polar surface area (TPSA) is 71.8 Å². The highest BCUT2D eigenvalue weighted by molar-refractivity contribution is 9.10. The predicted molar refractivity (Wildman–Crippen MR) is 142 cm³/mol. The number of carbonyl (C=O) groups excluding carboxylic acids is 1. The summed E-state index contributed by atoms with van der Waals surface area (Å²) in [7, 11) is 0. The first-order chi connectivity index (χ1) is 16.4. The Labute approximate surface area is 216 Å². The molecule has 0 saturated carbocycles. The van der Waals surface area contributed by atoms with E-state index in [9.17, 15) is 4.79 Å². The smallest absolute Gasteiger partial charge is 0.319 e. The van der Waals surface area contributed by atoms with Crippen molar-refractivity contribution in [1.29, 1.82) is 0 Å². The lowest BCUT2D eigenvalue weighted by Crippen LogP contribution is -2.29. The quantitative estimate of drug-likeness (QED) is 0.243. The lowest BCUT2D eigenvalue weighted by Gasteiger charge is -2.14. The van der Waals surface area contributed by atoms with Gasteiger partial charge in [-0.25, -0.2) is 4.79 Å². The minimum Gasteiger partial charge on any atom is -0.331 e. The Balaban J connectivity index is 1.57. The number of hydrogen-bond acceptors (Lipinski definition) is 4. The van der Waals surface area contributed by atoms with Crippen molar-refractivity contribution in [2.45, 2.75) is 31.3 Å². The number of aromatic nitrogens is 3.